The molecule has 0 spiro atoms. The van der Waals surface area contributed by atoms with E-state index in [0.717, 1.165) is 11.1 Å². The predicted octanol–water partition coefficient (Wildman–Crippen LogP) is 3.24. The van der Waals surface area contributed by atoms with E-state index in [1.54, 1.807) is 30.3 Å². The molecule has 5 rings (SSSR count). The van der Waals surface area contributed by atoms with Crippen molar-refractivity contribution in [2.75, 3.05) is 12.1 Å². The fourth-order valence-corrected chi connectivity index (χ4v) is 3.31. The molecule has 1 aliphatic rings. The Bertz CT molecular complexity index is 1360. The summed E-state index contributed by atoms with van der Waals surface area (Å²) in [7, 11) is 0. The van der Waals surface area contributed by atoms with E-state index in [1.165, 1.54) is 10.8 Å². The lowest BCUT2D eigenvalue weighted by Crippen LogP contribution is -2.28. The second-order valence-corrected chi connectivity index (χ2v) is 7.26. The molecule has 0 saturated heterocycles. The Hall–Kier alpha value is -4.40. The van der Waals surface area contributed by atoms with Crippen molar-refractivity contribution in [1.82, 2.24) is 14.7 Å². The van der Waals surface area contributed by atoms with E-state index in [-0.39, 0.29) is 30.7 Å². The lowest BCUT2D eigenvalue weighted by atomic mass is 10.1. The zero-order valence-electron chi connectivity index (χ0n) is 17.1. The fraction of sp³-hybridized carbons (Fsp3) is 0.130. The van der Waals surface area contributed by atoms with Crippen LogP contribution in [-0.4, -0.2) is 27.4 Å². The topological polar surface area (TPSA) is 108 Å². The lowest BCUT2D eigenvalue weighted by molar-refractivity contribution is -0.116. The molecule has 9 nitrogen and oxygen atoms in total. The van der Waals surface area contributed by atoms with Crippen molar-refractivity contribution >= 4 is 11.6 Å². The Morgan fingerprint density at radius 2 is 1.91 bits per heavy atom. The quantitative estimate of drug-likeness (QED) is 0.518. The number of amides is 1. The van der Waals surface area contributed by atoms with Gasteiger partial charge in [0.25, 0.3) is 11.4 Å². The Labute approximate surface area is 182 Å². The average molecular weight is 430 g/mol. The van der Waals surface area contributed by atoms with Crippen LogP contribution in [0.3, 0.4) is 0 Å². The predicted molar refractivity (Wildman–Crippen MR) is 115 cm³/mol. The Kier molecular flexibility index (Phi) is 4.91. The van der Waals surface area contributed by atoms with Gasteiger partial charge in [0.15, 0.2) is 11.5 Å². The molecule has 0 radical (unpaired) electrons. The average Bonchev–Trinajstić information content (AvgIpc) is 3.45. The Morgan fingerprint density at radius 1 is 1.09 bits per heavy atom. The van der Waals surface area contributed by atoms with E-state index in [4.69, 9.17) is 14.0 Å². The summed E-state index contributed by atoms with van der Waals surface area (Å²) in [5, 5.41) is 6.72. The number of carbonyl (C=O) groups excluding carboxylic acids is 1. The third kappa shape index (κ3) is 3.83. The molecule has 0 saturated carbocycles. The van der Waals surface area contributed by atoms with Crippen LogP contribution in [0.15, 0.2) is 70.1 Å². The second kappa shape index (κ2) is 8.03. The van der Waals surface area contributed by atoms with Crippen LogP contribution in [0.2, 0.25) is 0 Å². The van der Waals surface area contributed by atoms with E-state index in [2.05, 4.69) is 15.5 Å². The highest BCUT2D eigenvalue weighted by Gasteiger charge is 2.17. The summed E-state index contributed by atoms with van der Waals surface area (Å²) in [5.41, 5.74) is 2.25. The minimum absolute atomic E-state index is 0.0936. The van der Waals surface area contributed by atoms with Gasteiger partial charge in [-0.05, 0) is 31.2 Å². The highest BCUT2D eigenvalue weighted by Crippen LogP contribution is 2.34. The standard InChI is InChI=1S/C23H18N4O5/c1-14-4-6-15(7-5-14)21-25-22(32-26-21)17-3-2-10-27(23(17)29)12-20(28)24-16-8-9-18-19(11-16)31-13-30-18/h2-11H,12-13H2,1H3,(H,24,28). The zero-order valence-corrected chi connectivity index (χ0v) is 17.1. The van der Waals surface area contributed by atoms with E-state index >= 15 is 0 Å². The number of nitrogens with one attached hydrogen (secondary N) is 1. The van der Waals surface area contributed by atoms with E-state index in [0.29, 0.717) is 23.0 Å². The molecule has 160 valence electrons. The third-order valence-electron chi connectivity index (χ3n) is 4.96. The third-order valence-corrected chi connectivity index (χ3v) is 4.96. The summed E-state index contributed by atoms with van der Waals surface area (Å²) in [6.45, 7) is 1.96. The van der Waals surface area contributed by atoms with Crippen LogP contribution in [0.4, 0.5) is 5.69 Å². The molecule has 2 aromatic heterocycles. The molecule has 4 aromatic rings. The molecular weight excluding hydrogens is 412 g/mol. The zero-order chi connectivity index (χ0) is 22.1. The Morgan fingerprint density at radius 3 is 2.75 bits per heavy atom. The van der Waals surface area contributed by atoms with Crippen molar-refractivity contribution in [3.8, 4) is 34.3 Å². The highest BCUT2D eigenvalue weighted by molar-refractivity contribution is 5.91. The number of fused-ring (bicyclic) bond motifs is 1. The first kappa shape index (κ1) is 19.6. The number of carbonyl (C=O) groups is 1. The molecular formula is C23H18N4O5. The van der Waals surface area contributed by atoms with Gasteiger partial charge in [-0.25, -0.2) is 0 Å². The molecule has 2 aromatic carbocycles. The number of rotatable bonds is 5. The molecule has 32 heavy (non-hydrogen) atoms. The summed E-state index contributed by atoms with van der Waals surface area (Å²) >= 11 is 0. The van der Waals surface area contributed by atoms with Gasteiger partial charge in [-0.1, -0.05) is 35.0 Å². The van der Waals surface area contributed by atoms with Gasteiger partial charge in [-0.3, -0.25) is 9.59 Å². The summed E-state index contributed by atoms with van der Waals surface area (Å²) in [5.74, 6) is 1.29. The van der Waals surface area contributed by atoms with Gasteiger partial charge in [0.1, 0.15) is 12.1 Å². The van der Waals surface area contributed by atoms with Crippen LogP contribution in [-0.2, 0) is 11.3 Å². The lowest BCUT2D eigenvalue weighted by Gasteiger charge is -2.08. The van der Waals surface area contributed by atoms with Gasteiger partial charge >= 0.3 is 0 Å². The van der Waals surface area contributed by atoms with Gasteiger partial charge < -0.3 is 23.9 Å². The van der Waals surface area contributed by atoms with Gasteiger partial charge in [0.2, 0.25) is 18.5 Å². The molecule has 3 heterocycles. The summed E-state index contributed by atoms with van der Waals surface area (Å²) < 4.78 is 17.2. The summed E-state index contributed by atoms with van der Waals surface area (Å²) in [6, 6.07) is 16.0. The first-order valence-corrected chi connectivity index (χ1v) is 9.87. The fourth-order valence-electron chi connectivity index (χ4n) is 3.31. The number of hydrogen-bond acceptors (Lipinski definition) is 7. The highest BCUT2D eigenvalue weighted by atomic mass is 16.7. The first-order chi connectivity index (χ1) is 15.6. The van der Waals surface area contributed by atoms with Crippen molar-refractivity contribution in [3.63, 3.8) is 0 Å². The number of hydrogen-bond donors (Lipinski definition) is 1. The van der Waals surface area contributed by atoms with Gasteiger partial charge in [0.05, 0.1) is 0 Å². The van der Waals surface area contributed by atoms with Crippen LogP contribution < -0.4 is 20.3 Å². The molecule has 1 aliphatic heterocycles. The van der Waals surface area contributed by atoms with E-state index in [1.807, 2.05) is 31.2 Å². The van der Waals surface area contributed by atoms with Crippen LogP contribution in [0.1, 0.15) is 5.56 Å². The Balaban J connectivity index is 1.34. The minimum atomic E-state index is -0.410. The van der Waals surface area contributed by atoms with Crippen molar-refractivity contribution < 1.29 is 18.8 Å². The molecule has 9 heteroatoms. The molecule has 0 bridgehead atoms. The molecule has 1 amide bonds. The molecule has 0 aliphatic carbocycles. The van der Waals surface area contributed by atoms with E-state index < -0.39 is 5.56 Å². The largest absolute Gasteiger partial charge is 0.454 e. The van der Waals surface area contributed by atoms with Crippen LogP contribution in [0.25, 0.3) is 22.8 Å². The molecule has 0 atom stereocenters. The minimum Gasteiger partial charge on any atom is -0.454 e. The van der Waals surface area contributed by atoms with Gasteiger partial charge in [0, 0.05) is 23.5 Å². The normalized spacial score (nSPS) is 12.0. The van der Waals surface area contributed by atoms with Gasteiger partial charge in [-0.2, -0.15) is 4.98 Å². The number of anilines is 1. The van der Waals surface area contributed by atoms with Crippen molar-refractivity contribution in [2.24, 2.45) is 0 Å². The number of aryl methyl sites for hydroxylation is 1. The summed E-state index contributed by atoms with van der Waals surface area (Å²) in [4.78, 5) is 29.8. The van der Waals surface area contributed by atoms with Crippen LogP contribution in [0, 0.1) is 6.92 Å². The monoisotopic (exact) mass is 430 g/mol. The summed E-state index contributed by atoms with van der Waals surface area (Å²) in [6.07, 6.45) is 1.53. The maximum atomic E-state index is 12.9. The molecule has 0 fully saturated rings. The van der Waals surface area contributed by atoms with Crippen molar-refractivity contribution in [2.45, 2.75) is 13.5 Å². The maximum absolute atomic E-state index is 12.9. The van der Waals surface area contributed by atoms with Crippen molar-refractivity contribution in [3.05, 3.63) is 76.7 Å². The van der Waals surface area contributed by atoms with Crippen molar-refractivity contribution in [1.29, 1.82) is 0 Å². The second-order valence-electron chi connectivity index (χ2n) is 7.26. The first-order valence-electron chi connectivity index (χ1n) is 9.87. The molecule has 1 N–H and O–H groups in total. The maximum Gasteiger partial charge on any atom is 0.263 e. The number of ether oxygens (including phenoxy) is 2. The molecule has 0 unspecified atom stereocenters. The number of benzene rings is 2. The number of nitrogens with zero attached hydrogens (tertiary/aromatic N) is 3. The van der Waals surface area contributed by atoms with Crippen LogP contribution in [0.5, 0.6) is 11.5 Å². The smallest absolute Gasteiger partial charge is 0.263 e. The number of aromatic nitrogens is 3. The van der Waals surface area contributed by atoms with Crippen LogP contribution >= 0.6 is 0 Å². The van der Waals surface area contributed by atoms with E-state index in [9.17, 15) is 9.59 Å². The van der Waals surface area contributed by atoms with Gasteiger partial charge in [-0.15, -0.1) is 0 Å². The number of pyridine rings is 1. The SMILES string of the molecule is Cc1ccc(-c2noc(-c3cccn(CC(=O)Nc4ccc5c(c4)OCO5)c3=O)n2)cc1.